The van der Waals surface area contributed by atoms with Crippen molar-refractivity contribution in [3.63, 3.8) is 0 Å². The fourth-order valence-electron chi connectivity index (χ4n) is 0.362. The first kappa shape index (κ1) is 10.9. The second-order valence-electron chi connectivity index (χ2n) is 1.77. The number of hydrogen-bond donors (Lipinski definition) is 2. The van der Waals surface area contributed by atoms with E-state index in [2.05, 4.69) is 9.47 Å². The topological polar surface area (TPSA) is 93.1 Å². The maximum Gasteiger partial charge on any atom is 0.344 e. The molecule has 0 aromatic heterocycles. The van der Waals surface area contributed by atoms with Crippen LogP contribution in [-0.2, 0) is 19.1 Å². The molecule has 0 aliphatic carbocycles. The fraction of sp³-hybridized carbons (Fsp3) is 0.667. The average molecular weight is 181 g/mol. The van der Waals surface area contributed by atoms with Gasteiger partial charge in [0.2, 0.25) is 0 Å². The van der Waals surface area contributed by atoms with Gasteiger partial charge < -0.3 is 19.7 Å². The van der Waals surface area contributed by atoms with E-state index in [0.717, 1.165) is 0 Å². The van der Waals surface area contributed by atoms with Gasteiger partial charge in [-0.3, -0.25) is 0 Å². The van der Waals surface area contributed by atoms with Crippen molar-refractivity contribution < 1.29 is 30.7 Å². The molecule has 0 aromatic rings. The van der Waals surface area contributed by atoms with Crippen molar-refractivity contribution in [2.75, 3.05) is 26.4 Å². The molecule has 72 valence electrons. The van der Waals surface area contributed by atoms with Gasteiger partial charge in [0.25, 0.3) is 0 Å². The lowest BCUT2D eigenvalue weighted by Gasteiger charge is -2.09. The van der Waals surface area contributed by atoms with Crippen LogP contribution in [-0.4, -0.2) is 48.6 Å². The molecule has 6 heteroatoms. The molecule has 0 atom stereocenters. The van der Waals surface area contributed by atoms with Crippen LogP contribution in [0.2, 0.25) is 0 Å². The molecule has 0 bridgehead atoms. The van der Waals surface area contributed by atoms with Crippen LogP contribution >= 0.6 is 0 Å². The number of rotatable bonds is 1. The minimum Gasteiger partial charge on any atom is -0.451 e. The van der Waals surface area contributed by atoms with Crippen molar-refractivity contribution in [3.05, 3.63) is 0 Å². The molecule has 2 N–H and O–H groups in total. The molecule has 1 rings (SSSR count). The maximum atomic E-state index is 10.1. The number of cyclic esters (lactones) is 2. The summed E-state index contributed by atoms with van der Waals surface area (Å²) < 4.78 is 8.55. The molecular weight excluding hydrogens is 168 g/mol. The largest absolute Gasteiger partial charge is 0.451 e. The van der Waals surface area contributed by atoms with Gasteiger partial charge in [-0.05, 0) is 0 Å². The molecule has 0 amide bonds. The highest BCUT2D eigenvalue weighted by Gasteiger charge is 2.16. The normalized spacial score (nSPS) is 15.5. The Kier molecular flexibility index (Phi) is 5.94. The summed E-state index contributed by atoms with van der Waals surface area (Å²) in [7, 11) is 0. The van der Waals surface area contributed by atoms with Gasteiger partial charge in [-0.15, -0.1) is 0 Å². The van der Waals surface area contributed by atoms with E-state index in [9.17, 15) is 9.59 Å². The van der Waals surface area contributed by atoms with Crippen LogP contribution in [0.1, 0.15) is 1.43 Å². The van der Waals surface area contributed by atoms with Crippen LogP contribution in [0.25, 0.3) is 0 Å². The third kappa shape index (κ3) is 5.63. The van der Waals surface area contributed by atoms with Gasteiger partial charge in [-0.1, -0.05) is 0 Å². The summed E-state index contributed by atoms with van der Waals surface area (Å²) in [5, 5.41) is 15.2. The average Bonchev–Trinajstić information content (AvgIpc) is 2.11. The number of carbonyl (C=O) groups excluding carboxylic acids is 2. The summed E-state index contributed by atoms with van der Waals surface area (Å²) in [4.78, 5) is 20.2. The molecule has 1 saturated heterocycles. The Bertz CT molecular complexity index is 129. The first-order chi connectivity index (χ1) is 5.70. The van der Waals surface area contributed by atoms with Crippen LogP contribution in [0.15, 0.2) is 0 Å². The van der Waals surface area contributed by atoms with Crippen molar-refractivity contribution in [2.24, 2.45) is 0 Å². The fourth-order valence-corrected chi connectivity index (χ4v) is 0.362. The van der Waals surface area contributed by atoms with Crippen LogP contribution < -0.4 is 0 Å². The Morgan fingerprint density at radius 3 is 1.58 bits per heavy atom. The monoisotopic (exact) mass is 181 g/mol. The molecule has 0 spiro atoms. The van der Waals surface area contributed by atoms with Crippen LogP contribution in [0.3, 0.4) is 0 Å². The molecule has 1 fully saturated rings. The molecule has 1 aliphatic heterocycles. The minimum absolute atomic E-state index is 0. The molecule has 0 radical (unpaired) electrons. The number of carbonyl (C=O) groups is 2. The predicted molar refractivity (Wildman–Crippen MR) is 38.2 cm³/mol. The maximum absolute atomic E-state index is 10.1. The van der Waals surface area contributed by atoms with E-state index >= 15 is 0 Å². The van der Waals surface area contributed by atoms with Crippen molar-refractivity contribution in [2.45, 2.75) is 0 Å². The number of esters is 2. The SMILES string of the molecule is O=C1COC(=O)CO1.OCCO.[2HH]. The minimum atomic E-state index is -0.482. The zero-order chi connectivity index (χ0) is 9.40. The summed E-state index contributed by atoms with van der Waals surface area (Å²) in [6.45, 7) is -0.725. The Hall–Kier alpha value is -1.14. The highest BCUT2D eigenvalue weighted by atomic mass is 16.6. The number of hydrogen-bond acceptors (Lipinski definition) is 6. The van der Waals surface area contributed by atoms with Crippen LogP contribution in [0.4, 0.5) is 0 Å². The molecule has 12 heavy (non-hydrogen) atoms. The molecule has 6 nitrogen and oxygen atoms in total. The molecular formula is C6H12O6. The summed E-state index contributed by atoms with van der Waals surface area (Å²) in [6, 6.07) is 0. The molecule has 0 aromatic carbocycles. The lowest BCUT2D eigenvalue weighted by Crippen LogP contribution is -2.27. The van der Waals surface area contributed by atoms with E-state index in [-0.39, 0.29) is 27.9 Å². The van der Waals surface area contributed by atoms with Crippen LogP contribution in [0, 0.1) is 0 Å². The Labute approximate surface area is 70.2 Å². The molecule has 1 heterocycles. The third-order valence-electron chi connectivity index (χ3n) is 0.802. The first-order valence-corrected chi connectivity index (χ1v) is 3.23. The second-order valence-corrected chi connectivity index (χ2v) is 1.77. The zero-order valence-corrected chi connectivity index (χ0v) is 6.36. The van der Waals surface area contributed by atoms with Crippen molar-refractivity contribution in [1.29, 1.82) is 0 Å². The van der Waals surface area contributed by atoms with Gasteiger partial charge in [-0.25, -0.2) is 9.59 Å². The van der Waals surface area contributed by atoms with E-state index in [4.69, 9.17) is 10.2 Å². The highest BCUT2D eigenvalue weighted by molar-refractivity contribution is 5.82. The van der Waals surface area contributed by atoms with Gasteiger partial charge in [0.15, 0.2) is 13.2 Å². The number of aliphatic hydroxyl groups is 2. The van der Waals surface area contributed by atoms with E-state index < -0.39 is 11.9 Å². The Balaban J connectivity index is 0. The lowest BCUT2D eigenvalue weighted by atomic mass is 10.6. The lowest BCUT2D eigenvalue weighted by molar-refractivity contribution is -0.174. The van der Waals surface area contributed by atoms with E-state index in [1.54, 1.807) is 0 Å². The van der Waals surface area contributed by atoms with Crippen molar-refractivity contribution in [3.8, 4) is 0 Å². The van der Waals surface area contributed by atoms with Gasteiger partial charge in [-0.2, -0.15) is 0 Å². The van der Waals surface area contributed by atoms with Gasteiger partial charge in [0, 0.05) is 1.43 Å². The van der Waals surface area contributed by atoms with Gasteiger partial charge in [0.05, 0.1) is 13.2 Å². The summed E-state index contributed by atoms with van der Waals surface area (Å²) in [6.07, 6.45) is 0. The smallest absolute Gasteiger partial charge is 0.344 e. The number of ether oxygens (including phenoxy) is 2. The third-order valence-corrected chi connectivity index (χ3v) is 0.802. The Morgan fingerprint density at radius 2 is 1.42 bits per heavy atom. The first-order valence-electron chi connectivity index (χ1n) is 3.23. The zero-order valence-electron chi connectivity index (χ0n) is 6.36. The number of aliphatic hydroxyl groups excluding tert-OH is 2. The van der Waals surface area contributed by atoms with E-state index in [1.165, 1.54) is 0 Å². The molecule has 0 unspecified atom stereocenters. The van der Waals surface area contributed by atoms with E-state index in [0.29, 0.717) is 0 Å². The quantitative estimate of drug-likeness (QED) is 0.468. The molecule has 1 aliphatic rings. The Morgan fingerprint density at radius 1 is 1.08 bits per heavy atom. The predicted octanol–water partition coefficient (Wildman–Crippen LogP) is -1.70. The second kappa shape index (κ2) is 6.56. The van der Waals surface area contributed by atoms with Crippen LogP contribution in [0.5, 0.6) is 0 Å². The summed E-state index contributed by atoms with van der Waals surface area (Å²) in [5.74, 6) is -0.964. The van der Waals surface area contributed by atoms with Gasteiger partial charge in [0.1, 0.15) is 0 Å². The highest BCUT2D eigenvalue weighted by Crippen LogP contribution is 1.90. The molecule has 0 saturated carbocycles. The van der Waals surface area contributed by atoms with Crippen molar-refractivity contribution in [1.82, 2.24) is 0 Å². The summed E-state index contributed by atoms with van der Waals surface area (Å²) >= 11 is 0. The van der Waals surface area contributed by atoms with Crippen molar-refractivity contribution >= 4 is 11.9 Å². The summed E-state index contributed by atoms with van der Waals surface area (Å²) in [5.41, 5.74) is 0. The van der Waals surface area contributed by atoms with Gasteiger partial charge >= 0.3 is 11.9 Å². The standard InChI is InChI=1S/C4H4O4.C2H6O2.H2/c5-3-1-7-4(6)2-8-3;3-1-2-4;/h1-2H2;3-4H,1-2H2;1H/i;;1+1. The van der Waals surface area contributed by atoms with E-state index in [1.807, 2.05) is 0 Å².